The third-order valence-corrected chi connectivity index (χ3v) is 2.67. The van der Waals surface area contributed by atoms with Gasteiger partial charge in [0.1, 0.15) is 5.82 Å². The molecule has 0 aliphatic rings. The summed E-state index contributed by atoms with van der Waals surface area (Å²) in [6.07, 6.45) is 5.30. The Balaban J connectivity index is 2.07. The highest BCUT2D eigenvalue weighted by Gasteiger charge is 2.03. The highest BCUT2D eigenvalue weighted by Crippen LogP contribution is 2.18. The van der Waals surface area contributed by atoms with E-state index in [1.807, 2.05) is 22.9 Å². The molecule has 2 aromatic heterocycles. The molecule has 2 heterocycles. The van der Waals surface area contributed by atoms with E-state index in [1.165, 1.54) is 6.07 Å². The molecule has 80 valence electrons. The summed E-state index contributed by atoms with van der Waals surface area (Å²) in [6.45, 7) is 0.698. The molecule has 0 amide bonds. The zero-order valence-electron chi connectivity index (χ0n) is 8.56. The Kier molecular flexibility index (Phi) is 2.03. The number of furan rings is 1. The number of hydrogen-bond donors (Lipinski definition) is 0. The van der Waals surface area contributed by atoms with E-state index in [1.54, 1.807) is 24.7 Å². The van der Waals surface area contributed by atoms with Crippen molar-refractivity contribution in [2.75, 3.05) is 0 Å². The smallest absolute Gasteiger partial charge is 0.125 e. The summed E-state index contributed by atoms with van der Waals surface area (Å²) in [4.78, 5) is 0. The lowest BCUT2D eigenvalue weighted by molar-refractivity contribution is 0.562. The van der Waals surface area contributed by atoms with Crippen LogP contribution < -0.4 is 0 Å². The molecule has 1 aromatic carbocycles. The molecule has 0 atom stereocenters. The predicted molar refractivity (Wildman–Crippen MR) is 59.7 cm³/mol. The largest absolute Gasteiger partial charge is 0.472 e. The number of hydrogen-bond acceptors (Lipinski definition) is 1. The third kappa shape index (κ3) is 1.50. The number of benzene rings is 1. The molecule has 3 heteroatoms. The van der Waals surface area contributed by atoms with Gasteiger partial charge in [0.15, 0.2) is 0 Å². The number of fused-ring (bicyclic) bond motifs is 1. The summed E-state index contributed by atoms with van der Waals surface area (Å²) >= 11 is 0. The summed E-state index contributed by atoms with van der Waals surface area (Å²) < 4.78 is 20.2. The molecule has 0 aliphatic carbocycles. The van der Waals surface area contributed by atoms with E-state index in [0.717, 1.165) is 16.5 Å². The second-order valence-corrected chi connectivity index (χ2v) is 3.78. The zero-order valence-corrected chi connectivity index (χ0v) is 8.56. The van der Waals surface area contributed by atoms with Crippen molar-refractivity contribution in [3.8, 4) is 0 Å². The van der Waals surface area contributed by atoms with Crippen molar-refractivity contribution in [1.82, 2.24) is 4.57 Å². The third-order valence-electron chi connectivity index (χ3n) is 2.67. The van der Waals surface area contributed by atoms with E-state index in [0.29, 0.717) is 6.54 Å². The standard InChI is InChI=1S/C13H10FNO/c14-12-2-1-11-3-5-15(13(11)7-12)8-10-4-6-16-9-10/h1-7,9H,8H2. The van der Waals surface area contributed by atoms with Gasteiger partial charge in [-0.15, -0.1) is 0 Å². The van der Waals surface area contributed by atoms with Crippen LogP contribution in [0.25, 0.3) is 10.9 Å². The van der Waals surface area contributed by atoms with Gasteiger partial charge in [-0.1, -0.05) is 0 Å². The van der Waals surface area contributed by atoms with Crippen molar-refractivity contribution in [2.45, 2.75) is 6.54 Å². The van der Waals surface area contributed by atoms with Crippen LogP contribution in [0.2, 0.25) is 0 Å². The molecule has 0 unspecified atom stereocenters. The quantitative estimate of drug-likeness (QED) is 0.640. The van der Waals surface area contributed by atoms with Crippen molar-refractivity contribution in [3.63, 3.8) is 0 Å². The number of rotatable bonds is 2. The lowest BCUT2D eigenvalue weighted by atomic mass is 10.2. The van der Waals surface area contributed by atoms with Gasteiger partial charge in [-0.25, -0.2) is 4.39 Å². The highest BCUT2D eigenvalue weighted by molar-refractivity contribution is 5.80. The maximum Gasteiger partial charge on any atom is 0.125 e. The van der Waals surface area contributed by atoms with Crippen LogP contribution in [0.15, 0.2) is 53.5 Å². The van der Waals surface area contributed by atoms with Gasteiger partial charge in [-0.05, 0) is 35.7 Å². The molecule has 0 saturated carbocycles. The van der Waals surface area contributed by atoms with E-state index in [2.05, 4.69) is 0 Å². The molecule has 0 aliphatic heterocycles. The first-order chi connectivity index (χ1) is 7.83. The molecule has 0 spiro atoms. The first kappa shape index (κ1) is 9.21. The first-order valence-electron chi connectivity index (χ1n) is 5.08. The fourth-order valence-electron chi connectivity index (χ4n) is 1.87. The summed E-state index contributed by atoms with van der Waals surface area (Å²) in [5, 5.41) is 1.05. The number of halogens is 1. The van der Waals surface area contributed by atoms with Gasteiger partial charge in [-0.3, -0.25) is 0 Å². The van der Waals surface area contributed by atoms with Crippen LogP contribution in [0.3, 0.4) is 0 Å². The van der Waals surface area contributed by atoms with Crippen LogP contribution in [0.5, 0.6) is 0 Å². The lowest BCUT2D eigenvalue weighted by Gasteiger charge is -2.02. The van der Waals surface area contributed by atoms with Gasteiger partial charge >= 0.3 is 0 Å². The van der Waals surface area contributed by atoms with Gasteiger partial charge < -0.3 is 8.98 Å². The van der Waals surface area contributed by atoms with Crippen LogP contribution in [0.4, 0.5) is 4.39 Å². The predicted octanol–water partition coefficient (Wildman–Crippen LogP) is 3.42. The normalized spacial score (nSPS) is 11.1. The maximum atomic E-state index is 13.1. The van der Waals surface area contributed by atoms with Crippen LogP contribution in [0, 0.1) is 5.82 Å². The zero-order chi connectivity index (χ0) is 11.0. The van der Waals surface area contributed by atoms with Crippen LogP contribution in [-0.4, -0.2) is 4.57 Å². The summed E-state index contributed by atoms with van der Waals surface area (Å²) in [5.74, 6) is -0.209. The molecule has 0 bridgehead atoms. The molecule has 3 rings (SSSR count). The van der Waals surface area contributed by atoms with E-state index < -0.39 is 0 Å². The SMILES string of the molecule is Fc1ccc2ccn(Cc3ccoc3)c2c1. The Labute approximate surface area is 91.9 Å². The summed E-state index contributed by atoms with van der Waals surface area (Å²) in [5.41, 5.74) is 1.97. The second-order valence-electron chi connectivity index (χ2n) is 3.78. The molecule has 3 aromatic rings. The van der Waals surface area contributed by atoms with Crippen LogP contribution in [0.1, 0.15) is 5.56 Å². The average molecular weight is 215 g/mol. The Morgan fingerprint density at radius 3 is 2.94 bits per heavy atom. The molecule has 0 radical (unpaired) electrons. The lowest BCUT2D eigenvalue weighted by Crippen LogP contribution is -1.96. The van der Waals surface area contributed by atoms with Crippen molar-refractivity contribution >= 4 is 10.9 Å². The summed E-state index contributed by atoms with van der Waals surface area (Å²) in [6, 6.07) is 8.70. The fourth-order valence-corrected chi connectivity index (χ4v) is 1.87. The van der Waals surface area contributed by atoms with Gasteiger partial charge in [0.05, 0.1) is 24.6 Å². The van der Waals surface area contributed by atoms with Gasteiger partial charge in [0, 0.05) is 11.8 Å². The molecule has 2 nitrogen and oxygen atoms in total. The highest BCUT2D eigenvalue weighted by atomic mass is 19.1. The van der Waals surface area contributed by atoms with E-state index >= 15 is 0 Å². The molecule has 0 N–H and O–H groups in total. The number of nitrogens with zero attached hydrogens (tertiary/aromatic N) is 1. The topological polar surface area (TPSA) is 18.1 Å². The van der Waals surface area contributed by atoms with E-state index in [9.17, 15) is 4.39 Å². The molecular formula is C13H10FNO. The Hall–Kier alpha value is -2.03. The first-order valence-corrected chi connectivity index (χ1v) is 5.08. The summed E-state index contributed by atoms with van der Waals surface area (Å²) in [7, 11) is 0. The van der Waals surface area contributed by atoms with Crippen LogP contribution >= 0.6 is 0 Å². The molecule has 0 saturated heterocycles. The minimum Gasteiger partial charge on any atom is -0.472 e. The number of aromatic nitrogens is 1. The van der Waals surface area contributed by atoms with Crippen molar-refractivity contribution in [1.29, 1.82) is 0 Å². The van der Waals surface area contributed by atoms with E-state index in [4.69, 9.17) is 4.42 Å². The minimum absolute atomic E-state index is 0.209. The maximum absolute atomic E-state index is 13.1. The van der Waals surface area contributed by atoms with Crippen molar-refractivity contribution in [2.24, 2.45) is 0 Å². The Morgan fingerprint density at radius 1 is 1.19 bits per heavy atom. The molecule has 0 fully saturated rings. The fraction of sp³-hybridized carbons (Fsp3) is 0.0769. The van der Waals surface area contributed by atoms with Gasteiger partial charge in [-0.2, -0.15) is 0 Å². The molecule has 16 heavy (non-hydrogen) atoms. The Morgan fingerprint density at radius 2 is 2.12 bits per heavy atom. The second kappa shape index (κ2) is 3.52. The van der Waals surface area contributed by atoms with Gasteiger partial charge in [0.2, 0.25) is 0 Å². The van der Waals surface area contributed by atoms with Crippen molar-refractivity contribution < 1.29 is 8.81 Å². The van der Waals surface area contributed by atoms with Gasteiger partial charge in [0.25, 0.3) is 0 Å². The monoisotopic (exact) mass is 215 g/mol. The van der Waals surface area contributed by atoms with Crippen molar-refractivity contribution in [3.05, 3.63) is 60.4 Å². The molecular weight excluding hydrogens is 205 g/mol. The van der Waals surface area contributed by atoms with Crippen LogP contribution in [-0.2, 0) is 6.54 Å². The average Bonchev–Trinajstić information content (AvgIpc) is 2.90. The Bertz CT molecular complexity index is 610. The van der Waals surface area contributed by atoms with E-state index in [-0.39, 0.29) is 5.82 Å². The minimum atomic E-state index is -0.209.